The predicted molar refractivity (Wildman–Crippen MR) is 109 cm³/mol. The van der Waals surface area contributed by atoms with E-state index in [0.717, 1.165) is 50.9 Å². The molecule has 3 rings (SSSR count). The van der Waals surface area contributed by atoms with E-state index in [1.54, 1.807) is 22.5 Å². The molecule has 2 aliphatic rings. The topological polar surface area (TPSA) is 79.0 Å². The number of hydrogen-bond donors (Lipinski definition) is 1. The molecule has 2 saturated heterocycles. The van der Waals surface area contributed by atoms with Crippen LogP contribution in [0.15, 0.2) is 23.1 Å². The molecule has 0 atom stereocenters. The van der Waals surface area contributed by atoms with Crippen molar-refractivity contribution in [1.29, 1.82) is 0 Å². The maximum atomic E-state index is 13.3. The Kier molecular flexibility index (Phi) is 7.31. The van der Waals surface area contributed by atoms with Gasteiger partial charge >= 0.3 is 0 Å². The molecule has 1 aromatic carbocycles. The van der Waals surface area contributed by atoms with Crippen LogP contribution in [0.25, 0.3) is 0 Å². The first kappa shape index (κ1) is 21.1. The van der Waals surface area contributed by atoms with Gasteiger partial charge in [0, 0.05) is 51.5 Å². The number of rotatable bonds is 9. The number of nitrogens with zero attached hydrogens (tertiary/aromatic N) is 2. The fraction of sp³-hybridized carbons (Fsp3) is 0.650. The van der Waals surface area contributed by atoms with E-state index in [9.17, 15) is 13.2 Å². The van der Waals surface area contributed by atoms with Crippen LogP contribution in [-0.4, -0.2) is 64.6 Å². The molecule has 1 amide bonds. The van der Waals surface area contributed by atoms with E-state index < -0.39 is 10.0 Å². The molecule has 0 radical (unpaired) electrons. The van der Waals surface area contributed by atoms with Crippen LogP contribution in [0.4, 0.5) is 5.69 Å². The molecule has 0 aromatic heterocycles. The highest BCUT2D eigenvalue weighted by Crippen LogP contribution is 2.32. The third-order valence-corrected chi connectivity index (χ3v) is 7.23. The monoisotopic (exact) mass is 409 g/mol. The summed E-state index contributed by atoms with van der Waals surface area (Å²) in [6.07, 6.45) is 4.62. The van der Waals surface area contributed by atoms with Crippen molar-refractivity contribution in [2.24, 2.45) is 0 Å². The lowest BCUT2D eigenvalue weighted by Crippen LogP contribution is -2.31. The quantitative estimate of drug-likeness (QED) is 0.633. The van der Waals surface area contributed by atoms with Gasteiger partial charge in [-0.2, -0.15) is 4.31 Å². The van der Waals surface area contributed by atoms with Crippen LogP contribution < -0.4 is 10.2 Å². The Hall–Kier alpha value is -1.64. The lowest BCUT2D eigenvalue weighted by molar-refractivity contribution is 0.0944. The minimum Gasteiger partial charge on any atom is -0.382 e. The molecule has 2 fully saturated rings. The van der Waals surface area contributed by atoms with Crippen molar-refractivity contribution >= 4 is 21.6 Å². The molecule has 156 valence electrons. The molecular formula is C20H31N3O4S. The Morgan fingerprint density at radius 1 is 1.11 bits per heavy atom. The van der Waals surface area contributed by atoms with Gasteiger partial charge in [0.25, 0.3) is 5.91 Å². The van der Waals surface area contributed by atoms with Crippen molar-refractivity contribution in [1.82, 2.24) is 9.62 Å². The zero-order valence-electron chi connectivity index (χ0n) is 16.7. The van der Waals surface area contributed by atoms with E-state index in [0.29, 0.717) is 38.4 Å². The van der Waals surface area contributed by atoms with Gasteiger partial charge in [-0.1, -0.05) is 0 Å². The van der Waals surface area contributed by atoms with E-state index in [2.05, 4.69) is 10.2 Å². The Bertz CT molecular complexity index is 770. The second-order valence-corrected chi connectivity index (χ2v) is 9.20. The van der Waals surface area contributed by atoms with Crippen molar-refractivity contribution in [3.05, 3.63) is 23.8 Å². The van der Waals surface area contributed by atoms with Gasteiger partial charge in [0.15, 0.2) is 0 Å². The molecule has 8 heteroatoms. The normalized spacial score (nSPS) is 18.0. The number of carbonyl (C=O) groups excluding carboxylic acids is 1. The molecular weight excluding hydrogens is 378 g/mol. The summed E-state index contributed by atoms with van der Waals surface area (Å²) in [5.74, 6) is -0.248. The molecule has 7 nitrogen and oxygen atoms in total. The second-order valence-electron chi connectivity index (χ2n) is 7.29. The molecule has 0 unspecified atom stereocenters. The van der Waals surface area contributed by atoms with Crippen LogP contribution in [-0.2, 0) is 14.8 Å². The highest BCUT2D eigenvalue weighted by Gasteiger charge is 2.32. The van der Waals surface area contributed by atoms with E-state index in [4.69, 9.17) is 4.74 Å². The first-order valence-corrected chi connectivity index (χ1v) is 11.7. The Balaban J connectivity index is 1.82. The Labute approximate surface area is 168 Å². The van der Waals surface area contributed by atoms with Gasteiger partial charge in [0.1, 0.15) is 4.90 Å². The highest BCUT2D eigenvalue weighted by molar-refractivity contribution is 7.89. The summed E-state index contributed by atoms with van der Waals surface area (Å²) in [5, 5.41) is 2.85. The summed E-state index contributed by atoms with van der Waals surface area (Å²) in [7, 11) is -3.60. The third kappa shape index (κ3) is 4.85. The first-order chi connectivity index (χ1) is 13.5. The standard InChI is InChI=1S/C20H31N3O4S/c1-2-27-15-7-10-21-20(24)17-8-9-18(22-11-3-4-12-22)19(16-17)28(25,26)23-13-5-6-14-23/h8-9,16H,2-7,10-15H2,1H3,(H,21,24). The number of sulfonamides is 1. The summed E-state index contributed by atoms with van der Waals surface area (Å²) in [5.41, 5.74) is 1.11. The average molecular weight is 410 g/mol. The van der Waals surface area contributed by atoms with Gasteiger partial charge in [0.05, 0.1) is 5.69 Å². The average Bonchev–Trinajstić information content (AvgIpc) is 3.41. The van der Waals surface area contributed by atoms with Crippen molar-refractivity contribution in [2.45, 2.75) is 43.9 Å². The van der Waals surface area contributed by atoms with Crippen LogP contribution in [0.5, 0.6) is 0 Å². The molecule has 28 heavy (non-hydrogen) atoms. The number of benzene rings is 1. The SMILES string of the molecule is CCOCCCNC(=O)c1ccc(N2CCCC2)c(S(=O)(=O)N2CCCC2)c1. The zero-order valence-corrected chi connectivity index (χ0v) is 17.5. The van der Waals surface area contributed by atoms with Crippen LogP contribution in [0.1, 0.15) is 49.4 Å². The van der Waals surface area contributed by atoms with Crippen molar-refractivity contribution in [2.75, 3.05) is 50.8 Å². The van der Waals surface area contributed by atoms with Gasteiger partial charge < -0.3 is 15.0 Å². The van der Waals surface area contributed by atoms with E-state index in [1.165, 1.54) is 0 Å². The third-order valence-electron chi connectivity index (χ3n) is 5.31. The van der Waals surface area contributed by atoms with E-state index >= 15 is 0 Å². The summed E-state index contributed by atoms with van der Waals surface area (Å²) in [6, 6.07) is 5.08. The number of amides is 1. The molecule has 0 spiro atoms. The summed E-state index contributed by atoms with van der Waals surface area (Å²) < 4.78 is 33.4. The fourth-order valence-corrected chi connectivity index (χ4v) is 5.53. The highest BCUT2D eigenvalue weighted by atomic mass is 32.2. The maximum Gasteiger partial charge on any atom is 0.251 e. The number of carbonyl (C=O) groups is 1. The van der Waals surface area contributed by atoms with Gasteiger partial charge in [-0.3, -0.25) is 4.79 Å². The maximum absolute atomic E-state index is 13.3. The number of nitrogens with one attached hydrogen (secondary N) is 1. The Morgan fingerprint density at radius 2 is 1.79 bits per heavy atom. The molecule has 0 aliphatic carbocycles. The molecule has 2 heterocycles. The van der Waals surface area contributed by atoms with Crippen molar-refractivity contribution in [3.8, 4) is 0 Å². The minimum absolute atomic E-state index is 0.248. The van der Waals surface area contributed by atoms with E-state index in [1.807, 2.05) is 6.92 Å². The van der Waals surface area contributed by atoms with Crippen LogP contribution >= 0.6 is 0 Å². The van der Waals surface area contributed by atoms with E-state index in [-0.39, 0.29) is 10.8 Å². The van der Waals surface area contributed by atoms with Crippen LogP contribution in [0, 0.1) is 0 Å². The van der Waals surface area contributed by atoms with Crippen LogP contribution in [0.2, 0.25) is 0 Å². The lowest BCUT2D eigenvalue weighted by Gasteiger charge is -2.24. The Morgan fingerprint density at radius 3 is 2.46 bits per heavy atom. The zero-order chi connectivity index (χ0) is 20.0. The number of ether oxygens (including phenoxy) is 1. The number of hydrogen-bond acceptors (Lipinski definition) is 5. The smallest absolute Gasteiger partial charge is 0.251 e. The number of anilines is 1. The molecule has 1 aromatic rings. The molecule has 0 saturated carbocycles. The second kappa shape index (κ2) is 9.71. The van der Waals surface area contributed by atoms with Gasteiger partial charge in [-0.15, -0.1) is 0 Å². The van der Waals surface area contributed by atoms with Gasteiger partial charge in [0.2, 0.25) is 10.0 Å². The summed E-state index contributed by atoms with van der Waals surface area (Å²) in [6.45, 7) is 6.49. The molecule has 0 bridgehead atoms. The minimum atomic E-state index is -3.60. The lowest BCUT2D eigenvalue weighted by atomic mass is 10.2. The summed E-state index contributed by atoms with van der Waals surface area (Å²) >= 11 is 0. The first-order valence-electron chi connectivity index (χ1n) is 10.3. The largest absolute Gasteiger partial charge is 0.382 e. The predicted octanol–water partition coefficient (Wildman–Crippen LogP) is 2.23. The van der Waals surface area contributed by atoms with Gasteiger partial charge in [-0.25, -0.2) is 8.42 Å². The molecule has 1 N–H and O–H groups in total. The molecule has 2 aliphatic heterocycles. The van der Waals surface area contributed by atoms with Gasteiger partial charge in [-0.05, 0) is 57.2 Å². The fourth-order valence-electron chi connectivity index (χ4n) is 3.77. The van der Waals surface area contributed by atoms with Crippen LogP contribution in [0.3, 0.4) is 0 Å². The van der Waals surface area contributed by atoms with Crippen molar-refractivity contribution in [3.63, 3.8) is 0 Å². The van der Waals surface area contributed by atoms with Crippen molar-refractivity contribution < 1.29 is 17.9 Å². The summed E-state index contributed by atoms with van der Waals surface area (Å²) in [4.78, 5) is 14.9.